The molecule has 0 N–H and O–H groups in total. The van der Waals surface area contributed by atoms with E-state index in [0.717, 1.165) is 12.3 Å². The first-order valence-corrected chi connectivity index (χ1v) is 32.4. The van der Waals surface area contributed by atoms with Gasteiger partial charge in [-0.2, -0.15) is 0 Å². The van der Waals surface area contributed by atoms with Crippen LogP contribution in [0.1, 0.15) is 120 Å². The van der Waals surface area contributed by atoms with E-state index in [1.165, 1.54) is 70.2 Å². The molecule has 3 aliphatic rings. The van der Waals surface area contributed by atoms with Gasteiger partial charge in [-0.15, -0.1) is 24.8 Å². The van der Waals surface area contributed by atoms with E-state index in [1.807, 2.05) is 0 Å². The Hall–Kier alpha value is -1.96. The minimum absolute atomic E-state index is 0. The van der Waals surface area contributed by atoms with Crippen molar-refractivity contribution in [2.24, 2.45) is 5.92 Å². The molecule has 0 radical (unpaired) electrons. The summed E-state index contributed by atoms with van der Waals surface area (Å²) in [5, 5.41) is 0. The third kappa shape index (κ3) is 6.82. The van der Waals surface area contributed by atoms with Gasteiger partial charge in [-0.3, -0.25) is 0 Å². The second kappa shape index (κ2) is 14.5. The molecule has 4 heteroatoms. The van der Waals surface area contributed by atoms with E-state index in [-0.39, 0.29) is 30.2 Å². The second-order valence-electron chi connectivity index (χ2n) is 17.7. The maximum absolute atomic E-state index is 3.71. The summed E-state index contributed by atoms with van der Waals surface area (Å²) >= 11 is -3.71. The minimum Gasteiger partial charge on any atom is -0.147 e. The Bertz CT molecular complexity index is 1990. The van der Waals surface area contributed by atoms with Crippen molar-refractivity contribution in [3.05, 3.63) is 129 Å². The maximum Gasteiger partial charge on any atom is -0.147 e. The maximum atomic E-state index is 2.83. The molecular formula is C46H58Cl2SiZr. The van der Waals surface area contributed by atoms with Gasteiger partial charge in [0.25, 0.3) is 0 Å². The Kier molecular flexibility index (Phi) is 11.4. The summed E-state index contributed by atoms with van der Waals surface area (Å²) in [6.45, 7) is 16.4. The van der Waals surface area contributed by atoms with Crippen LogP contribution in [0.3, 0.4) is 0 Å². The van der Waals surface area contributed by atoms with Gasteiger partial charge in [0.2, 0.25) is 0 Å². The van der Waals surface area contributed by atoms with Gasteiger partial charge in [-0.1, -0.05) is 0 Å². The van der Waals surface area contributed by atoms with Gasteiger partial charge in [0.15, 0.2) is 0 Å². The molecule has 1 saturated carbocycles. The van der Waals surface area contributed by atoms with Crippen molar-refractivity contribution in [1.29, 1.82) is 0 Å². The molecule has 3 aliphatic carbocycles. The first-order chi connectivity index (χ1) is 22.8. The molecule has 0 saturated heterocycles. The largest absolute Gasteiger partial charge is 0.147 e. The molecule has 4 aromatic rings. The van der Waals surface area contributed by atoms with Crippen molar-refractivity contribution in [1.82, 2.24) is 0 Å². The molecule has 0 spiro atoms. The van der Waals surface area contributed by atoms with Crippen LogP contribution in [0.2, 0.25) is 9.26 Å². The van der Waals surface area contributed by atoms with Gasteiger partial charge in [0.05, 0.1) is 0 Å². The molecule has 2 unspecified atom stereocenters. The van der Waals surface area contributed by atoms with Crippen LogP contribution in [0.4, 0.5) is 0 Å². The van der Waals surface area contributed by atoms with Gasteiger partial charge >= 0.3 is 296 Å². The topological polar surface area (TPSA) is 0 Å². The van der Waals surface area contributed by atoms with Crippen LogP contribution in [0, 0.1) is 5.92 Å². The number of benzene rings is 4. The summed E-state index contributed by atoms with van der Waals surface area (Å²) in [6.07, 6.45) is 11.9. The summed E-state index contributed by atoms with van der Waals surface area (Å²) < 4.78 is 6.78. The van der Waals surface area contributed by atoms with E-state index in [9.17, 15) is 0 Å². The fourth-order valence-electron chi connectivity index (χ4n) is 9.85. The number of hydrogen-bond acceptors (Lipinski definition) is 0. The van der Waals surface area contributed by atoms with E-state index in [4.69, 9.17) is 0 Å². The first-order valence-electron chi connectivity index (χ1n) is 18.7. The standard InChI is InChI=1S/C24H27.C20H21.2CH3.2ClH.H2Si.Zr/c1-24(2,3)21-13-11-18(12-14-21)22-10-6-9-19-15-20(16-23(19)22)17-7-4-5-8-17;1-4-15-12-18-6-5-7-19(20(18)13-15)17-10-8-16(9-11-17)14(2)3;;;;;;/h6,9-17H,4-5,7-8H2,1-3H3;5-14H,4H2,1-3H3;2*1H3;2*1H;1H2;. The Morgan fingerprint density at radius 1 is 0.700 bits per heavy atom. The zero-order valence-corrected chi connectivity index (χ0v) is 37.1. The van der Waals surface area contributed by atoms with Crippen LogP contribution in [-0.4, -0.2) is 6.88 Å². The second-order valence-corrected chi connectivity index (χ2v) is 48.2. The van der Waals surface area contributed by atoms with Crippen molar-refractivity contribution >= 4 is 43.8 Å². The molecule has 0 heterocycles. The Morgan fingerprint density at radius 2 is 1.20 bits per heavy atom. The van der Waals surface area contributed by atoms with Crippen LogP contribution in [-0.2, 0) is 22.8 Å². The average Bonchev–Trinajstić information content (AvgIpc) is 3.81. The number of hydrogen-bond donors (Lipinski definition) is 0. The van der Waals surface area contributed by atoms with Crippen LogP contribution in [0.5, 0.6) is 0 Å². The van der Waals surface area contributed by atoms with E-state index in [2.05, 4.69) is 155 Å². The van der Waals surface area contributed by atoms with Crippen molar-refractivity contribution < 1.29 is 17.4 Å². The Labute approximate surface area is 318 Å². The summed E-state index contributed by atoms with van der Waals surface area (Å²) in [5.41, 5.74) is 18.2. The molecule has 0 nitrogen and oxygen atoms in total. The first kappa shape index (κ1) is 39.3. The average molecular weight is 801 g/mol. The van der Waals surface area contributed by atoms with Gasteiger partial charge in [0, 0.05) is 0 Å². The molecule has 2 atom stereocenters. The molecule has 0 aromatic heterocycles. The van der Waals surface area contributed by atoms with Gasteiger partial charge in [-0.05, 0) is 0 Å². The van der Waals surface area contributed by atoms with Crippen LogP contribution in [0.15, 0.2) is 96.1 Å². The fraction of sp³-hybridized carbons (Fsp3) is 0.391. The number of fused-ring (bicyclic) bond motifs is 2. The SMILES string of the molecule is CCC1=Cc2c(-c3ccc(C(C)C)cc3)cccc2[CH]1[Zr]([CH3])([CH3])(=[SiH2])[CH]1C(C2CCCC2)=Cc2c(-c3ccc(C(C)(C)C)cc3)cccc21.Cl.Cl. The monoisotopic (exact) mass is 798 g/mol. The third-order valence-electron chi connectivity index (χ3n) is 12.3. The summed E-state index contributed by atoms with van der Waals surface area (Å²) in [4.78, 5) is 0. The van der Waals surface area contributed by atoms with E-state index in [1.54, 1.807) is 22.3 Å². The van der Waals surface area contributed by atoms with Gasteiger partial charge < -0.3 is 0 Å². The van der Waals surface area contributed by atoms with E-state index < -0.39 is 17.4 Å². The van der Waals surface area contributed by atoms with Crippen LogP contribution < -0.4 is 0 Å². The molecule has 0 bridgehead atoms. The zero-order valence-electron chi connectivity index (χ0n) is 31.6. The third-order valence-corrected chi connectivity index (χ3v) is 29.7. The fourth-order valence-corrected chi connectivity index (χ4v) is 29.7. The van der Waals surface area contributed by atoms with Crippen LogP contribution in [0.25, 0.3) is 34.4 Å². The van der Waals surface area contributed by atoms with Gasteiger partial charge in [-0.25, -0.2) is 0 Å². The molecule has 4 aromatic carbocycles. The van der Waals surface area contributed by atoms with Crippen molar-refractivity contribution in [2.45, 2.75) is 101 Å². The summed E-state index contributed by atoms with van der Waals surface area (Å²) in [5.74, 6) is 1.27. The van der Waals surface area contributed by atoms with Crippen LogP contribution >= 0.6 is 24.8 Å². The predicted molar refractivity (Wildman–Crippen MR) is 225 cm³/mol. The summed E-state index contributed by atoms with van der Waals surface area (Å²) in [6, 6.07) is 33.4. The molecule has 0 amide bonds. The molecule has 264 valence electrons. The Morgan fingerprint density at radius 3 is 1.70 bits per heavy atom. The number of halogens is 2. The normalized spacial score (nSPS) is 19.0. The molecule has 7 rings (SSSR count). The van der Waals surface area contributed by atoms with Gasteiger partial charge in [0.1, 0.15) is 0 Å². The smallest absolute Gasteiger partial charge is 0.147 e. The quantitative estimate of drug-likeness (QED) is 0.163. The van der Waals surface area contributed by atoms with Crippen molar-refractivity contribution in [2.75, 3.05) is 0 Å². The van der Waals surface area contributed by atoms with Crippen molar-refractivity contribution in [3.63, 3.8) is 0 Å². The molecular weight excluding hydrogens is 743 g/mol. The molecule has 1 fully saturated rings. The van der Waals surface area contributed by atoms with E-state index in [0.29, 0.717) is 13.2 Å². The molecule has 50 heavy (non-hydrogen) atoms. The zero-order chi connectivity index (χ0) is 34.0. The minimum atomic E-state index is -3.71. The predicted octanol–water partition coefficient (Wildman–Crippen LogP) is 13.8. The molecule has 0 aliphatic heterocycles. The number of allylic oxidation sites excluding steroid dienone is 2. The Balaban J connectivity index is 0.00000243. The summed E-state index contributed by atoms with van der Waals surface area (Å²) in [7, 11) is 0. The van der Waals surface area contributed by atoms with E-state index >= 15 is 0 Å². The number of rotatable bonds is 7. The van der Waals surface area contributed by atoms with Crippen molar-refractivity contribution in [3.8, 4) is 22.3 Å².